The second-order valence-electron chi connectivity index (χ2n) is 4.39. The Kier molecular flexibility index (Phi) is 5.85. The average Bonchev–Trinajstić information content (AvgIpc) is 2.47. The maximum Gasteiger partial charge on any atom is 0.165 e. The van der Waals surface area contributed by atoms with Crippen LogP contribution < -0.4 is 15.2 Å². The molecule has 1 heterocycles. The van der Waals surface area contributed by atoms with Crippen molar-refractivity contribution < 1.29 is 9.47 Å². The van der Waals surface area contributed by atoms with Crippen LogP contribution in [0.1, 0.15) is 11.3 Å². The summed E-state index contributed by atoms with van der Waals surface area (Å²) in [5.74, 6) is 1.26. The second-order valence-corrected chi connectivity index (χ2v) is 5.74. The molecule has 1 aromatic carbocycles. The van der Waals surface area contributed by atoms with Gasteiger partial charge in [0.1, 0.15) is 6.61 Å². The number of benzene rings is 1. The van der Waals surface area contributed by atoms with Gasteiger partial charge in [-0.05, 0) is 47.1 Å². The van der Waals surface area contributed by atoms with Crippen LogP contribution in [0.25, 0.3) is 0 Å². The Morgan fingerprint density at radius 2 is 2.14 bits per heavy atom. The van der Waals surface area contributed by atoms with E-state index in [1.54, 1.807) is 19.4 Å². The minimum atomic E-state index is 0.350. The number of hydrogen-bond donors (Lipinski definition) is 1. The van der Waals surface area contributed by atoms with Crippen molar-refractivity contribution in [3.63, 3.8) is 0 Å². The highest BCUT2D eigenvalue weighted by Gasteiger charge is 2.13. The molecule has 0 saturated heterocycles. The molecule has 6 heteroatoms. The molecule has 0 aliphatic heterocycles. The molecule has 0 unspecified atom stereocenters. The Hall–Kier alpha value is -1.30. The molecule has 0 radical (unpaired) electrons. The van der Waals surface area contributed by atoms with Crippen LogP contribution in [0.5, 0.6) is 11.5 Å². The zero-order valence-corrected chi connectivity index (χ0v) is 13.9. The topological polar surface area (TPSA) is 57.4 Å². The monoisotopic (exact) mass is 370 g/mol. The van der Waals surface area contributed by atoms with Crippen molar-refractivity contribution in [3.8, 4) is 11.5 Å². The summed E-state index contributed by atoms with van der Waals surface area (Å²) in [5, 5.41) is 0.601. The van der Waals surface area contributed by atoms with E-state index in [2.05, 4.69) is 20.9 Å². The van der Waals surface area contributed by atoms with Gasteiger partial charge in [-0.2, -0.15) is 0 Å². The van der Waals surface area contributed by atoms with Crippen LogP contribution in [0.15, 0.2) is 34.9 Å². The molecule has 0 aliphatic carbocycles. The fourth-order valence-electron chi connectivity index (χ4n) is 1.92. The number of hydrogen-bond acceptors (Lipinski definition) is 4. The van der Waals surface area contributed by atoms with Gasteiger partial charge in [-0.25, -0.2) is 0 Å². The molecule has 0 amide bonds. The predicted molar refractivity (Wildman–Crippen MR) is 87.0 cm³/mol. The molecule has 2 aromatic rings. The Bertz CT molecular complexity index is 605. The number of methoxy groups -OCH3 is 1. The number of rotatable bonds is 6. The molecule has 0 spiro atoms. The van der Waals surface area contributed by atoms with Crippen molar-refractivity contribution in [2.24, 2.45) is 5.73 Å². The van der Waals surface area contributed by atoms with Gasteiger partial charge in [-0.3, -0.25) is 4.98 Å². The van der Waals surface area contributed by atoms with Gasteiger partial charge in [-0.1, -0.05) is 11.6 Å². The second kappa shape index (κ2) is 7.64. The average molecular weight is 372 g/mol. The van der Waals surface area contributed by atoms with Crippen molar-refractivity contribution in [1.82, 2.24) is 4.98 Å². The maximum absolute atomic E-state index is 6.08. The van der Waals surface area contributed by atoms with E-state index in [0.29, 0.717) is 36.1 Å². The van der Waals surface area contributed by atoms with Gasteiger partial charge in [0.15, 0.2) is 11.5 Å². The number of nitrogens with two attached hydrogens (primary N) is 1. The van der Waals surface area contributed by atoms with Crippen molar-refractivity contribution in [1.29, 1.82) is 0 Å². The van der Waals surface area contributed by atoms with Gasteiger partial charge in [-0.15, -0.1) is 0 Å². The highest BCUT2D eigenvalue weighted by atomic mass is 79.9. The summed E-state index contributed by atoms with van der Waals surface area (Å²) < 4.78 is 12.1. The van der Waals surface area contributed by atoms with Crippen molar-refractivity contribution in [3.05, 3.63) is 51.2 Å². The van der Waals surface area contributed by atoms with Crippen LogP contribution in [0.3, 0.4) is 0 Å². The van der Waals surface area contributed by atoms with E-state index >= 15 is 0 Å². The van der Waals surface area contributed by atoms with Crippen LogP contribution in [0.2, 0.25) is 5.02 Å². The fraction of sp³-hybridized carbons (Fsp3) is 0.267. The molecule has 112 valence electrons. The lowest BCUT2D eigenvalue weighted by Crippen LogP contribution is -2.07. The van der Waals surface area contributed by atoms with Crippen molar-refractivity contribution in [2.75, 3.05) is 13.7 Å². The molecule has 0 aliphatic rings. The maximum atomic E-state index is 6.08. The summed E-state index contributed by atoms with van der Waals surface area (Å²) in [6, 6.07) is 7.40. The van der Waals surface area contributed by atoms with Crippen molar-refractivity contribution in [2.45, 2.75) is 13.0 Å². The standard InChI is InChI=1S/C15H16BrClN2O2/c1-20-14-7-12(17)6-10(4-5-18)15(14)21-9-13-3-2-11(16)8-19-13/h2-3,6-8H,4-5,9,18H2,1H3. The quantitative estimate of drug-likeness (QED) is 0.843. The number of ether oxygens (including phenoxy) is 2. The molecular formula is C15H16BrClN2O2. The number of pyridine rings is 1. The van der Waals surface area contributed by atoms with E-state index < -0.39 is 0 Å². The fourth-order valence-corrected chi connectivity index (χ4v) is 2.38. The minimum Gasteiger partial charge on any atom is -0.493 e. The lowest BCUT2D eigenvalue weighted by molar-refractivity contribution is 0.277. The SMILES string of the molecule is COc1cc(Cl)cc(CCN)c1OCc1ccc(Br)cn1. The third kappa shape index (κ3) is 4.33. The largest absolute Gasteiger partial charge is 0.493 e. The zero-order chi connectivity index (χ0) is 15.2. The predicted octanol–water partition coefficient (Wildman–Crippen LogP) is 3.59. The van der Waals surface area contributed by atoms with Gasteiger partial charge in [0.2, 0.25) is 0 Å². The molecule has 2 rings (SSSR count). The van der Waals surface area contributed by atoms with Gasteiger partial charge >= 0.3 is 0 Å². The van der Waals surface area contributed by atoms with Gasteiger partial charge in [0.05, 0.1) is 12.8 Å². The highest BCUT2D eigenvalue weighted by molar-refractivity contribution is 9.10. The number of nitrogens with zero attached hydrogens (tertiary/aromatic N) is 1. The number of halogens is 2. The van der Waals surface area contributed by atoms with Crippen molar-refractivity contribution >= 4 is 27.5 Å². The summed E-state index contributed by atoms with van der Waals surface area (Å²) in [5.41, 5.74) is 7.40. The first-order valence-corrected chi connectivity index (χ1v) is 7.61. The van der Waals surface area contributed by atoms with E-state index in [0.717, 1.165) is 15.7 Å². The first-order valence-electron chi connectivity index (χ1n) is 6.43. The number of aromatic nitrogens is 1. The van der Waals surface area contributed by atoms with Crippen LogP contribution in [-0.4, -0.2) is 18.6 Å². The summed E-state index contributed by atoms with van der Waals surface area (Å²) in [6.07, 6.45) is 2.40. The van der Waals surface area contributed by atoms with Gasteiger partial charge in [0, 0.05) is 27.3 Å². The third-order valence-electron chi connectivity index (χ3n) is 2.88. The van der Waals surface area contributed by atoms with E-state index in [9.17, 15) is 0 Å². The Balaban J connectivity index is 2.22. The first kappa shape index (κ1) is 16.1. The molecular weight excluding hydrogens is 356 g/mol. The lowest BCUT2D eigenvalue weighted by atomic mass is 10.1. The molecule has 0 atom stereocenters. The molecule has 0 saturated carbocycles. The Labute approximate surface area is 137 Å². The van der Waals surface area contributed by atoms with E-state index in [-0.39, 0.29) is 0 Å². The van der Waals surface area contributed by atoms with Crippen LogP contribution in [-0.2, 0) is 13.0 Å². The Morgan fingerprint density at radius 3 is 2.76 bits per heavy atom. The summed E-state index contributed by atoms with van der Waals surface area (Å²) >= 11 is 9.43. The Morgan fingerprint density at radius 1 is 1.33 bits per heavy atom. The molecule has 1 aromatic heterocycles. The van der Waals surface area contributed by atoms with Gasteiger partial charge < -0.3 is 15.2 Å². The summed E-state index contributed by atoms with van der Waals surface area (Å²) in [4.78, 5) is 4.28. The first-order chi connectivity index (χ1) is 10.1. The van der Waals surface area contributed by atoms with Crippen LogP contribution in [0, 0.1) is 0 Å². The molecule has 0 fully saturated rings. The highest BCUT2D eigenvalue weighted by Crippen LogP contribution is 2.35. The van der Waals surface area contributed by atoms with Gasteiger partial charge in [0.25, 0.3) is 0 Å². The molecule has 2 N–H and O–H groups in total. The normalized spacial score (nSPS) is 10.5. The molecule has 0 bridgehead atoms. The summed E-state index contributed by atoms with van der Waals surface area (Å²) in [6.45, 7) is 0.860. The zero-order valence-electron chi connectivity index (χ0n) is 11.6. The molecule has 21 heavy (non-hydrogen) atoms. The smallest absolute Gasteiger partial charge is 0.165 e. The third-order valence-corrected chi connectivity index (χ3v) is 3.57. The van der Waals surface area contributed by atoms with Crippen LogP contribution >= 0.6 is 27.5 Å². The van der Waals surface area contributed by atoms with Crippen LogP contribution in [0.4, 0.5) is 0 Å². The summed E-state index contributed by atoms with van der Waals surface area (Å²) in [7, 11) is 1.59. The minimum absolute atomic E-state index is 0.350. The molecule has 4 nitrogen and oxygen atoms in total. The lowest BCUT2D eigenvalue weighted by Gasteiger charge is -2.15. The van der Waals surface area contributed by atoms with E-state index in [4.69, 9.17) is 26.8 Å². The van der Waals surface area contributed by atoms with E-state index in [1.807, 2.05) is 18.2 Å². The van der Waals surface area contributed by atoms with E-state index in [1.165, 1.54) is 0 Å².